The Labute approximate surface area is 174 Å². The third-order valence-corrected chi connectivity index (χ3v) is 5.79. The highest BCUT2D eigenvalue weighted by Crippen LogP contribution is 2.40. The molecule has 1 heterocycles. The SMILES string of the molecule is Cc1ccc2c(c1)C(C)(C)C(C=CCc1ccccc1)=[N+]2CCCCCC(=O)O. The Kier molecular flexibility index (Phi) is 6.68. The monoisotopic (exact) mass is 390 g/mol. The van der Waals surface area contributed by atoms with Crippen LogP contribution in [0.5, 0.6) is 0 Å². The molecule has 1 N–H and O–H groups in total. The highest BCUT2D eigenvalue weighted by atomic mass is 16.4. The molecule has 0 spiro atoms. The fourth-order valence-corrected chi connectivity index (χ4v) is 4.17. The van der Waals surface area contributed by atoms with E-state index in [9.17, 15) is 4.79 Å². The lowest BCUT2D eigenvalue weighted by Crippen LogP contribution is -2.28. The largest absolute Gasteiger partial charge is 0.481 e. The van der Waals surface area contributed by atoms with E-state index < -0.39 is 5.97 Å². The number of carboxylic acids is 1. The van der Waals surface area contributed by atoms with E-state index >= 15 is 0 Å². The van der Waals surface area contributed by atoms with Crippen molar-refractivity contribution < 1.29 is 14.5 Å². The van der Waals surface area contributed by atoms with Crippen LogP contribution >= 0.6 is 0 Å². The predicted octanol–water partition coefficient (Wildman–Crippen LogP) is 5.82. The van der Waals surface area contributed by atoms with Gasteiger partial charge >= 0.3 is 5.97 Å². The third-order valence-electron chi connectivity index (χ3n) is 5.79. The molecule has 0 unspecified atom stereocenters. The van der Waals surface area contributed by atoms with Crippen molar-refractivity contribution in [2.24, 2.45) is 0 Å². The minimum Gasteiger partial charge on any atom is -0.481 e. The predicted molar refractivity (Wildman–Crippen MR) is 119 cm³/mol. The number of benzene rings is 2. The minimum atomic E-state index is -0.704. The highest BCUT2D eigenvalue weighted by molar-refractivity contribution is 6.03. The van der Waals surface area contributed by atoms with Crippen LogP contribution < -0.4 is 0 Å². The summed E-state index contributed by atoms with van der Waals surface area (Å²) in [7, 11) is 0. The molecule has 0 saturated carbocycles. The summed E-state index contributed by atoms with van der Waals surface area (Å²) in [5.41, 5.74) is 6.55. The van der Waals surface area contributed by atoms with Crippen molar-refractivity contribution in [2.75, 3.05) is 6.54 Å². The maximum absolute atomic E-state index is 10.8. The summed E-state index contributed by atoms with van der Waals surface area (Å²) in [6.45, 7) is 7.68. The molecular formula is C26H32NO2+. The van der Waals surface area contributed by atoms with Crippen LogP contribution in [-0.4, -0.2) is 27.9 Å². The summed E-state index contributed by atoms with van der Waals surface area (Å²) >= 11 is 0. The van der Waals surface area contributed by atoms with E-state index in [2.05, 4.69) is 80.0 Å². The van der Waals surface area contributed by atoms with Gasteiger partial charge in [-0.1, -0.05) is 48.0 Å². The van der Waals surface area contributed by atoms with Crippen LogP contribution in [0.2, 0.25) is 0 Å². The quantitative estimate of drug-likeness (QED) is 0.433. The van der Waals surface area contributed by atoms with Gasteiger partial charge in [0.2, 0.25) is 5.69 Å². The van der Waals surface area contributed by atoms with Gasteiger partial charge in [0.15, 0.2) is 5.71 Å². The molecular weight excluding hydrogens is 358 g/mol. The first-order valence-corrected chi connectivity index (χ1v) is 10.6. The molecule has 0 amide bonds. The fourth-order valence-electron chi connectivity index (χ4n) is 4.17. The Morgan fingerprint density at radius 2 is 1.83 bits per heavy atom. The number of hydrogen-bond acceptors (Lipinski definition) is 1. The van der Waals surface area contributed by atoms with Gasteiger partial charge in [-0.2, -0.15) is 4.58 Å². The first-order chi connectivity index (χ1) is 13.9. The van der Waals surface area contributed by atoms with E-state index in [1.54, 1.807) is 0 Å². The van der Waals surface area contributed by atoms with Gasteiger partial charge in [-0.15, -0.1) is 0 Å². The van der Waals surface area contributed by atoms with Gasteiger partial charge in [0.1, 0.15) is 6.54 Å². The number of carbonyl (C=O) groups is 1. The molecule has 0 aliphatic carbocycles. The van der Waals surface area contributed by atoms with Crippen LogP contribution in [0.3, 0.4) is 0 Å². The molecule has 2 aromatic carbocycles. The normalized spacial score (nSPS) is 15.1. The summed E-state index contributed by atoms with van der Waals surface area (Å²) in [5, 5.41) is 8.86. The van der Waals surface area contributed by atoms with Crippen LogP contribution in [0.4, 0.5) is 5.69 Å². The number of aryl methyl sites for hydroxylation is 1. The Balaban J connectivity index is 1.83. The highest BCUT2D eigenvalue weighted by Gasteiger charge is 2.43. The Morgan fingerprint density at radius 3 is 2.55 bits per heavy atom. The van der Waals surface area contributed by atoms with Crippen molar-refractivity contribution in [3.63, 3.8) is 0 Å². The lowest BCUT2D eigenvalue weighted by molar-refractivity contribution is -0.438. The molecule has 0 saturated heterocycles. The minimum absolute atomic E-state index is 0.0460. The van der Waals surface area contributed by atoms with Gasteiger partial charge < -0.3 is 5.11 Å². The zero-order chi connectivity index (χ0) is 20.9. The van der Waals surface area contributed by atoms with Crippen molar-refractivity contribution in [3.8, 4) is 0 Å². The molecule has 3 rings (SSSR count). The first kappa shape index (κ1) is 21.0. The zero-order valence-corrected chi connectivity index (χ0v) is 17.8. The number of fused-ring (bicyclic) bond motifs is 1. The molecule has 0 radical (unpaired) electrons. The molecule has 3 heteroatoms. The van der Waals surface area contributed by atoms with E-state index in [-0.39, 0.29) is 11.8 Å². The second-order valence-corrected chi connectivity index (χ2v) is 8.48. The molecule has 0 bridgehead atoms. The standard InChI is InChI=1S/C26H31NO2/c1-20-16-17-23-22(19-20)26(2,3)24(14-10-13-21-11-6-4-7-12-21)27(23)18-9-5-8-15-25(28)29/h4,6-7,10-12,14,16-17,19H,5,8-9,13,15,18H2,1-3H3/p+1. The zero-order valence-electron chi connectivity index (χ0n) is 17.8. The number of carboxylic acid groups (broad SMARTS) is 1. The van der Waals surface area contributed by atoms with Crippen molar-refractivity contribution in [1.29, 1.82) is 0 Å². The molecule has 3 nitrogen and oxygen atoms in total. The van der Waals surface area contributed by atoms with Gasteiger partial charge in [-0.05, 0) is 51.7 Å². The van der Waals surface area contributed by atoms with Crippen LogP contribution in [0.1, 0.15) is 56.2 Å². The Morgan fingerprint density at radius 1 is 1.07 bits per heavy atom. The van der Waals surface area contributed by atoms with Crippen molar-refractivity contribution in [2.45, 2.75) is 58.3 Å². The molecule has 1 aliphatic heterocycles. The second-order valence-electron chi connectivity index (χ2n) is 8.48. The first-order valence-electron chi connectivity index (χ1n) is 10.6. The summed E-state index contributed by atoms with van der Waals surface area (Å²) in [6, 6.07) is 17.3. The maximum Gasteiger partial charge on any atom is 0.303 e. The molecule has 152 valence electrons. The number of aliphatic carboxylic acids is 1. The number of unbranched alkanes of at least 4 members (excludes halogenated alkanes) is 2. The van der Waals surface area contributed by atoms with E-state index in [0.717, 1.165) is 32.2 Å². The van der Waals surface area contributed by atoms with Gasteiger partial charge in [0.25, 0.3) is 0 Å². The second kappa shape index (κ2) is 9.21. The van der Waals surface area contributed by atoms with E-state index in [0.29, 0.717) is 0 Å². The van der Waals surface area contributed by atoms with Crippen molar-refractivity contribution in [1.82, 2.24) is 0 Å². The number of hydrogen-bond donors (Lipinski definition) is 1. The lowest BCUT2D eigenvalue weighted by atomic mass is 9.81. The third kappa shape index (κ3) is 5.03. The van der Waals surface area contributed by atoms with Crippen molar-refractivity contribution in [3.05, 3.63) is 77.4 Å². The molecule has 0 fully saturated rings. The van der Waals surface area contributed by atoms with Crippen molar-refractivity contribution >= 4 is 17.4 Å². The molecule has 0 aromatic heterocycles. The Hall–Kier alpha value is -2.68. The molecule has 2 aromatic rings. The van der Waals surface area contributed by atoms with Crippen LogP contribution in [0.15, 0.2) is 60.7 Å². The molecule has 0 atom stereocenters. The summed E-state index contributed by atoms with van der Waals surface area (Å²) in [5.74, 6) is -0.704. The average molecular weight is 391 g/mol. The van der Waals surface area contributed by atoms with E-state index in [4.69, 9.17) is 5.11 Å². The van der Waals surface area contributed by atoms with Crippen LogP contribution in [0.25, 0.3) is 0 Å². The Bertz CT molecular complexity index is 923. The van der Waals surface area contributed by atoms with E-state index in [1.165, 1.54) is 28.1 Å². The van der Waals surface area contributed by atoms with Crippen LogP contribution in [0, 0.1) is 6.92 Å². The topological polar surface area (TPSA) is 40.3 Å². The van der Waals surface area contributed by atoms with Crippen LogP contribution in [-0.2, 0) is 16.6 Å². The lowest BCUT2D eigenvalue weighted by Gasteiger charge is -2.16. The van der Waals surface area contributed by atoms with Gasteiger partial charge in [-0.3, -0.25) is 4.79 Å². The summed E-state index contributed by atoms with van der Waals surface area (Å²) < 4.78 is 2.44. The number of nitrogens with zero attached hydrogens (tertiary/aromatic N) is 1. The fraction of sp³-hybridized carbons (Fsp3) is 0.385. The molecule has 1 aliphatic rings. The smallest absolute Gasteiger partial charge is 0.303 e. The number of rotatable bonds is 9. The number of allylic oxidation sites excluding steroid dienone is 2. The van der Waals surface area contributed by atoms with Gasteiger partial charge in [0, 0.05) is 30.5 Å². The summed E-state index contributed by atoms with van der Waals surface area (Å²) in [6.07, 6.45) is 8.41. The average Bonchev–Trinajstić information content (AvgIpc) is 2.89. The van der Waals surface area contributed by atoms with Gasteiger partial charge in [0.05, 0.1) is 5.41 Å². The maximum atomic E-state index is 10.8. The molecule has 29 heavy (non-hydrogen) atoms. The van der Waals surface area contributed by atoms with Gasteiger partial charge in [-0.25, -0.2) is 0 Å². The summed E-state index contributed by atoms with van der Waals surface area (Å²) in [4.78, 5) is 10.8. The van der Waals surface area contributed by atoms with E-state index in [1.807, 2.05) is 6.07 Å².